The number of anilines is 1. The fourth-order valence-corrected chi connectivity index (χ4v) is 2.24. The molecule has 0 radical (unpaired) electrons. The van der Waals surface area contributed by atoms with Gasteiger partial charge in [-0.25, -0.2) is 17.9 Å². The van der Waals surface area contributed by atoms with Crippen molar-refractivity contribution in [1.29, 1.82) is 0 Å². The normalized spacial score (nSPS) is 12.9. The van der Waals surface area contributed by atoms with Crippen molar-refractivity contribution in [2.24, 2.45) is 11.1 Å². The first-order valence-corrected chi connectivity index (χ1v) is 7.59. The number of carboxylic acid groups (broad SMARTS) is 1. The van der Waals surface area contributed by atoms with Crippen molar-refractivity contribution in [3.8, 4) is 0 Å². The molecule has 0 fully saturated rings. The van der Waals surface area contributed by atoms with Crippen molar-refractivity contribution in [2.45, 2.75) is 24.7 Å². The Kier molecular flexibility index (Phi) is 5.46. The predicted molar refractivity (Wildman–Crippen MR) is 72.3 cm³/mol. The van der Waals surface area contributed by atoms with E-state index in [2.05, 4.69) is 5.32 Å². The molecule has 0 aromatic heterocycles. The lowest BCUT2D eigenvalue weighted by molar-refractivity contribution is -0.141. The second kappa shape index (κ2) is 6.67. The topological polar surface area (TPSA) is 109 Å². The van der Waals surface area contributed by atoms with Gasteiger partial charge >= 0.3 is 5.97 Å². The summed E-state index contributed by atoms with van der Waals surface area (Å²) in [7, 11) is -3.96. The highest BCUT2D eigenvalue weighted by molar-refractivity contribution is 7.89. The Labute approximate surface area is 116 Å². The van der Waals surface area contributed by atoms with Gasteiger partial charge < -0.3 is 10.4 Å². The molecule has 1 atom stereocenters. The average Bonchev–Trinajstić information content (AvgIpc) is 2.34. The smallest absolute Gasteiger partial charge is 0.308 e. The number of rotatable bonds is 7. The molecule has 0 spiro atoms. The molecule has 0 heterocycles. The van der Waals surface area contributed by atoms with Gasteiger partial charge in [-0.1, -0.05) is 13.3 Å². The number of hydrogen-bond donors (Lipinski definition) is 3. The van der Waals surface area contributed by atoms with Crippen LogP contribution in [0, 0.1) is 11.7 Å². The quantitative estimate of drug-likeness (QED) is 0.705. The molecule has 4 N–H and O–H groups in total. The first kappa shape index (κ1) is 16.4. The van der Waals surface area contributed by atoms with Crippen molar-refractivity contribution >= 4 is 21.7 Å². The van der Waals surface area contributed by atoms with E-state index in [1.807, 2.05) is 6.92 Å². The van der Waals surface area contributed by atoms with Gasteiger partial charge in [0.05, 0.1) is 16.5 Å². The molecule has 0 aliphatic rings. The van der Waals surface area contributed by atoms with Crippen LogP contribution >= 0.6 is 0 Å². The molecule has 0 aliphatic heterocycles. The Hall–Kier alpha value is -1.67. The van der Waals surface area contributed by atoms with Crippen molar-refractivity contribution in [3.63, 3.8) is 0 Å². The Morgan fingerprint density at radius 1 is 1.50 bits per heavy atom. The highest BCUT2D eigenvalue weighted by atomic mass is 32.2. The molecule has 1 rings (SSSR count). The van der Waals surface area contributed by atoms with Crippen LogP contribution in [0.15, 0.2) is 23.1 Å². The number of hydrogen-bond acceptors (Lipinski definition) is 4. The number of carboxylic acids is 1. The average molecular weight is 304 g/mol. The zero-order valence-electron chi connectivity index (χ0n) is 11.0. The predicted octanol–water partition coefficient (Wildman–Crippen LogP) is 1.39. The SMILES string of the molecule is CCCC(CNc1ccc(S(N)(=O)=O)cc1F)C(=O)O. The molecule has 112 valence electrons. The molecular weight excluding hydrogens is 287 g/mol. The van der Waals surface area contributed by atoms with Gasteiger partial charge in [0.15, 0.2) is 0 Å². The fraction of sp³-hybridized carbons (Fsp3) is 0.417. The Balaban J connectivity index is 2.81. The van der Waals surface area contributed by atoms with E-state index in [0.717, 1.165) is 12.1 Å². The van der Waals surface area contributed by atoms with E-state index < -0.39 is 27.7 Å². The van der Waals surface area contributed by atoms with Crippen LogP contribution in [0.5, 0.6) is 0 Å². The maximum Gasteiger partial charge on any atom is 0.308 e. The van der Waals surface area contributed by atoms with Gasteiger partial charge in [0.25, 0.3) is 0 Å². The zero-order valence-corrected chi connectivity index (χ0v) is 11.8. The van der Waals surface area contributed by atoms with Gasteiger partial charge in [-0.3, -0.25) is 4.79 Å². The number of sulfonamides is 1. The summed E-state index contributed by atoms with van der Waals surface area (Å²) in [6.45, 7) is 1.92. The van der Waals surface area contributed by atoms with Crippen LogP contribution in [0.25, 0.3) is 0 Å². The van der Waals surface area contributed by atoms with Crippen LogP contribution in [-0.4, -0.2) is 26.0 Å². The number of nitrogens with one attached hydrogen (secondary N) is 1. The van der Waals surface area contributed by atoms with Crippen molar-refractivity contribution in [3.05, 3.63) is 24.0 Å². The molecule has 0 amide bonds. The zero-order chi connectivity index (χ0) is 15.3. The van der Waals surface area contributed by atoms with E-state index in [4.69, 9.17) is 10.2 Å². The highest BCUT2D eigenvalue weighted by Gasteiger charge is 2.17. The van der Waals surface area contributed by atoms with Crippen LogP contribution in [0.1, 0.15) is 19.8 Å². The molecule has 0 saturated heterocycles. The summed E-state index contributed by atoms with van der Waals surface area (Å²) in [6, 6.07) is 3.18. The minimum absolute atomic E-state index is 0.0414. The molecule has 1 aromatic rings. The van der Waals surface area contributed by atoms with Crippen LogP contribution in [-0.2, 0) is 14.8 Å². The number of primary sulfonamides is 1. The molecular formula is C12H17FN2O4S. The van der Waals surface area contributed by atoms with Gasteiger partial charge in [0, 0.05) is 6.54 Å². The number of halogens is 1. The maximum atomic E-state index is 13.7. The van der Waals surface area contributed by atoms with E-state index in [1.165, 1.54) is 6.07 Å². The number of carbonyl (C=O) groups is 1. The number of aliphatic carboxylic acids is 1. The summed E-state index contributed by atoms with van der Waals surface area (Å²) in [5.41, 5.74) is 0.0414. The highest BCUT2D eigenvalue weighted by Crippen LogP contribution is 2.19. The van der Waals surface area contributed by atoms with Crippen LogP contribution < -0.4 is 10.5 Å². The third-order valence-corrected chi connectivity index (χ3v) is 3.71. The fourth-order valence-electron chi connectivity index (χ4n) is 1.71. The minimum atomic E-state index is -3.96. The third kappa shape index (κ3) is 4.46. The molecule has 20 heavy (non-hydrogen) atoms. The van der Waals surface area contributed by atoms with Crippen molar-refractivity contribution < 1.29 is 22.7 Å². The van der Waals surface area contributed by atoms with Gasteiger partial charge in [-0.05, 0) is 24.6 Å². The van der Waals surface area contributed by atoms with Gasteiger partial charge in [-0.15, -0.1) is 0 Å². The summed E-state index contributed by atoms with van der Waals surface area (Å²) in [5, 5.41) is 16.5. The van der Waals surface area contributed by atoms with Gasteiger partial charge in [0.2, 0.25) is 10.0 Å². The lowest BCUT2D eigenvalue weighted by Crippen LogP contribution is -2.23. The number of benzene rings is 1. The van der Waals surface area contributed by atoms with Gasteiger partial charge in [0.1, 0.15) is 5.82 Å². The molecule has 6 nitrogen and oxygen atoms in total. The summed E-state index contributed by atoms with van der Waals surface area (Å²) < 4.78 is 35.8. The maximum absolute atomic E-state index is 13.7. The van der Waals surface area contributed by atoms with E-state index in [9.17, 15) is 17.6 Å². The summed E-state index contributed by atoms with van der Waals surface area (Å²) in [5.74, 6) is -2.38. The molecule has 0 bridgehead atoms. The van der Waals surface area contributed by atoms with Crippen LogP contribution in [0.2, 0.25) is 0 Å². The van der Waals surface area contributed by atoms with Crippen molar-refractivity contribution in [1.82, 2.24) is 0 Å². The van der Waals surface area contributed by atoms with Crippen LogP contribution in [0.4, 0.5) is 10.1 Å². The van der Waals surface area contributed by atoms with E-state index in [-0.39, 0.29) is 17.1 Å². The second-order valence-corrected chi connectivity index (χ2v) is 5.95. The largest absolute Gasteiger partial charge is 0.481 e. The second-order valence-electron chi connectivity index (χ2n) is 4.39. The molecule has 1 aromatic carbocycles. The summed E-state index contributed by atoms with van der Waals surface area (Å²) in [4.78, 5) is 10.6. The summed E-state index contributed by atoms with van der Waals surface area (Å²) in [6.07, 6.45) is 1.17. The number of nitrogens with two attached hydrogens (primary N) is 1. The Morgan fingerprint density at radius 3 is 2.60 bits per heavy atom. The lowest BCUT2D eigenvalue weighted by Gasteiger charge is -2.14. The van der Waals surface area contributed by atoms with E-state index in [1.54, 1.807) is 0 Å². The minimum Gasteiger partial charge on any atom is -0.481 e. The molecule has 0 saturated carbocycles. The van der Waals surface area contributed by atoms with E-state index in [0.29, 0.717) is 12.8 Å². The lowest BCUT2D eigenvalue weighted by atomic mass is 10.0. The first-order chi connectivity index (χ1) is 9.25. The third-order valence-electron chi connectivity index (χ3n) is 2.79. The van der Waals surface area contributed by atoms with Crippen molar-refractivity contribution in [2.75, 3.05) is 11.9 Å². The van der Waals surface area contributed by atoms with Gasteiger partial charge in [-0.2, -0.15) is 0 Å². The molecule has 8 heteroatoms. The first-order valence-electron chi connectivity index (χ1n) is 6.04. The molecule has 0 aliphatic carbocycles. The molecule has 1 unspecified atom stereocenters. The Bertz CT molecular complexity index is 589. The summed E-state index contributed by atoms with van der Waals surface area (Å²) >= 11 is 0. The van der Waals surface area contributed by atoms with Crippen LogP contribution in [0.3, 0.4) is 0 Å². The van der Waals surface area contributed by atoms with E-state index >= 15 is 0 Å². The Morgan fingerprint density at radius 2 is 2.15 bits per heavy atom. The monoisotopic (exact) mass is 304 g/mol. The standard InChI is InChI=1S/C12H17FN2O4S/c1-2-3-8(12(16)17)7-15-11-5-4-9(6-10(11)13)20(14,18)19/h4-6,8,15H,2-3,7H2,1H3,(H,16,17)(H2,14,18,19).